The maximum Gasteiger partial charge on any atom is 0.269 e. The van der Waals surface area contributed by atoms with E-state index in [1.807, 2.05) is 50.2 Å². The lowest BCUT2D eigenvalue weighted by atomic mass is 10.1. The number of carbonyl (C=O) groups is 2. The van der Waals surface area contributed by atoms with Crippen molar-refractivity contribution in [3.8, 4) is 11.4 Å². The number of hydrazine groups is 1. The SMILES string of the molecule is Cc1ccc(-c2noc(CCC(=O)NNC(=O)c3ccccc3C)n2)cc1. The standard InChI is InChI=1S/C20H20N4O3/c1-13-7-9-15(10-8-13)19-21-18(27-24-19)12-11-17(25)22-23-20(26)16-6-4-3-5-14(16)2/h3-10H,11-12H2,1-2H3,(H,22,25)(H,23,26). The molecule has 7 heteroatoms. The van der Waals surface area contributed by atoms with E-state index in [4.69, 9.17) is 4.52 Å². The zero-order chi connectivity index (χ0) is 19.2. The van der Waals surface area contributed by atoms with E-state index in [9.17, 15) is 9.59 Å². The molecule has 0 aliphatic heterocycles. The van der Waals surface area contributed by atoms with E-state index in [1.54, 1.807) is 12.1 Å². The molecule has 1 heterocycles. The number of carbonyl (C=O) groups excluding carboxylic acids is 2. The predicted octanol–water partition coefficient (Wildman–Crippen LogP) is 2.75. The summed E-state index contributed by atoms with van der Waals surface area (Å²) in [5.41, 5.74) is 8.14. The Kier molecular flexibility index (Phi) is 5.61. The fraction of sp³-hybridized carbons (Fsp3) is 0.200. The van der Waals surface area contributed by atoms with Crippen molar-refractivity contribution in [3.63, 3.8) is 0 Å². The summed E-state index contributed by atoms with van der Waals surface area (Å²) in [6.07, 6.45) is 0.397. The highest BCUT2D eigenvalue weighted by molar-refractivity contribution is 5.96. The summed E-state index contributed by atoms with van der Waals surface area (Å²) in [6.45, 7) is 3.83. The van der Waals surface area contributed by atoms with Crippen LogP contribution in [0.15, 0.2) is 53.1 Å². The smallest absolute Gasteiger partial charge is 0.269 e. The average molecular weight is 364 g/mol. The van der Waals surface area contributed by atoms with Crippen molar-refractivity contribution < 1.29 is 14.1 Å². The summed E-state index contributed by atoms with van der Waals surface area (Å²) < 4.78 is 5.18. The third-order valence-electron chi connectivity index (χ3n) is 4.05. The maximum absolute atomic E-state index is 12.1. The van der Waals surface area contributed by atoms with Gasteiger partial charge in [0.1, 0.15) is 0 Å². The summed E-state index contributed by atoms with van der Waals surface area (Å²) in [4.78, 5) is 28.3. The van der Waals surface area contributed by atoms with Crippen LogP contribution in [-0.2, 0) is 11.2 Å². The average Bonchev–Trinajstić information content (AvgIpc) is 3.14. The van der Waals surface area contributed by atoms with Crippen molar-refractivity contribution in [2.45, 2.75) is 26.7 Å². The molecule has 7 nitrogen and oxygen atoms in total. The molecular formula is C20H20N4O3. The molecule has 0 atom stereocenters. The van der Waals surface area contributed by atoms with Gasteiger partial charge in [0, 0.05) is 24.0 Å². The molecular weight excluding hydrogens is 344 g/mol. The molecule has 3 rings (SSSR count). The third kappa shape index (κ3) is 4.78. The molecule has 0 saturated carbocycles. The molecule has 0 saturated heterocycles. The summed E-state index contributed by atoms with van der Waals surface area (Å²) >= 11 is 0. The van der Waals surface area contributed by atoms with E-state index in [0.29, 0.717) is 17.3 Å². The van der Waals surface area contributed by atoms with Gasteiger partial charge in [-0.25, -0.2) is 0 Å². The van der Waals surface area contributed by atoms with Crippen LogP contribution in [0.3, 0.4) is 0 Å². The Hall–Kier alpha value is -3.48. The normalized spacial score (nSPS) is 10.4. The number of nitrogens with one attached hydrogen (secondary N) is 2. The van der Waals surface area contributed by atoms with E-state index >= 15 is 0 Å². The van der Waals surface area contributed by atoms with Crippen LogP contribution in [0.1, 0.15) is 33.8 Å². The monoisotopic (exact) mass is 364 g/mol. The minimum Gasteiger partial charge on any atom is -0.339 e. The largest absolute Gasteiger partial charge is 0.339 e. The van der Waals surface area contributed by atoms with Crippen LogP contribution < -0.4 is 10.9 Å². The topological polar surface area (TPSA) is 97.1 Å². The number of hydrogen-bond acceptors (Lipinski definition) is 5. The second kappa shape index (κ2) is 8.27. The first kappa shape index (κ1) is 18.3. The van der Waals surface area contributed by atoms with Crippen LogP contribution in [0.25, 0.3) is 11.4 Å². The molecule has 3 aromatic rings. The van der Waals surface area contributed by atoms with Gasteiger partial charge < -0.3 is 4.52 Å². The van der Waals surface area contributed by atoms with E-state index < -0.39 is 0 Å². The zero-order valence-electron chi connectivity index (χ0n) is 15.2. The highest BCUT2D eigenvalue weighted by Crippen LogP contribution is 2.16. The van der Waals surface area contributed by atoms with Gasteiger partial charge in [-0.05, 0) is 25.5 Å². The number of aryl methyl sites for hydroxylation is 3. The van der Waals surface area contributed by atoms with Crippen molar-refractivity contribution in [2.24, 2.45) is 0 Å². The molecule has 1 aromatic heterocycles. The van der Waals surface area contributed by atoms with Gasteiger partial charge in [-0.15, -0.1) is 0 Å². The van der Waals surface area contributed by atoms with E-state index in [0.717, 1.165) is 16.7 Å². The summed E-state index contributed by atoms with van der Waals surface area (Å²) in [5.74, 6) is 0.150. The van der Waals surface area contributed by atoms with Crippen molar-refractivity contribution in [1.82, 2.24) is 21.0 Å². The van der Waals surface area contributed by atoms with Gasteiger partial charge in [0.05, 0.1) is 0 Å². The molecule has 2 aromatic carbocycles. The Morgan fingerprint density at radius 1 is 1.00 bits per heavy atom. The first-order valence-corrected chi connectivity index (χ1v) is 8.57. The van der Waals surface area contributed by atoms with Gasteiger partial charge in [0.2, 0.25) is 17.6 Å². The number of amides is 2. The van der Waals surface area contributed by atoms with Crippen molar-refractivity contribution >= 4 is 11.8 Å². The van der Waals surface area contributed by atoms with E-state index in [2.05, 4.69) is 21.0 Å². The first-order chi connectivity index (χ1) is 13.0. The molecule has 0 bridgehead atoms. The maximum atomic E-state index is 12.1. The Balaban J connectivity index is 1.49. The van der Waals surface area contributed by atoms with Crippen LogP contribution >= 0.6 is 0 Å². The molecule has 0 aliphatic carbocycles. The molecule has 0 radical (unpaired) electrons. The number of rotatable bonds is 5. The van der Waals surface area contributed by atoms with Gasteiger partial charge in [-0.3, -0.25) is 20.4 Å². The Morgan fingerprint density at radius 2 is 1.74 bits per heavy atom. The Labute approximate surface area is 156 Å². The van der Waals surface area contributed by atoms with Gasteiger partial charge in [0.15, 0.2) is 0 Å². The lowest BCUT2D eigenvalue weighted by Crippen LogP contribution is -2.41. The van der Waals surface area contributed by atoms with Crippen LogP contribution in [0.2, 0.25) is 0 Å². The summed E-state index contributed by atoms with van der Waals surface area (Å²) in [6, 6.07) is 14.9. The van der Waals surface area contributed by atoms with Crippen LogP contribution in [0.4, 0.5) is 0 Å². The van der Waals surface area contributed by atoms with Crippen LogP contribution in [0.5, 0.6) is 0 Å². The second-order valence-corrected chi connectivity index (χ2v) is 6.19. The van der Waals surface area contributed by atoms with Gasteiger partial charge in [0.25, 0.3) is 5.91 Å². The van der Waals surface area contributed by atoms with Crippen molar-refractivity contribution in [2.75, 3.05) is 0 Å². The molecule has 0 aliphatic rings. The highest BCUT2D eigenvalue weighted by atomic mass is 16.5. The summed E-state index contributed by atoms with van der Waals surface area (Å²) in [7, 11) is 0. The molecule has 27 heavy (non-hydrogen) atoms. The third-order valence-corrected chi connectivity index (χ3v) is 4.05. The lowest BCUT2D eigenvalue weighted by Gasteiger charge is -2.08. The Morgan fingerprint density at radius 3 is 2.48 bits per heavy atom. The molecule has 0 unspecified atom stereocenters. The minimum absolute atomic E-state index is 0.115. The number of nitrogens with zero attached hydrogens (tertiary/aromatic N) is 2. The highest BCUT2D eigenvalue weighted by Gasteiger charge is 2.12. The zero-order valence-corrected chi connectivity index (χ0v) is 15.2. The fourth-order valence-electron chi connectivity index (χ4n) is 2.48. The lowest BCUT2D eigenvalue weighted by molar-refractivity contribution is -0.121. The molecule has 2 amide bonds. The van der Waals surface area contributed by atoms with Crippen LogP contribution in [0, 0.1) is 13.8 Å². The van der Waals surface area contributed by atoms with Crippen LogP contribution in [-0.4, -0.2) is 22.0 Å². The molecule has 2 N–H and O–H groups in total. The quantitative estimate of drug-likeness (QED) is 0.679. The number of hydrogen-bond donors (Lipinski definition) is 2. The number of aromatic nitrogens is 2. The second-order valence-electron chi connectivity index (χ2n) is 6.19. The predicted molar refractivity (Wildman–Crippen MR) is 99.6 cm³/mol. The van der Waals surface area contributed by atoms with Gasteiger partial charge in [-0.1, -0.05) is 53.2 Å². The summed E-state index contributed by atoms with van der Waals surface area (Å²) in [5, 5.41) is 3.93. The fourth-order valence-corrected chi connectivity index (χ4v) is 2.48. The molecule has 138 valence electrons. The van der Waals surface area contributed by atoms with Gasteiger partial charge in [-0.2, -0.15) is 4.98 Å². The molecule has 0 fully saturated rings. The van der Waals surface area contributed by atoms with E-state index in [-0.39, 0.29) is 24.7 Å². The van der Waals surface area contributed by atoms with E-state index in [1.165, 1.54) is 0 Å². The molecule has 0 spiro atoms. The van der Waals surface area contributed by atoms with Gasteiger partial charge >= 0.3 is 0 Å². The van der Waals surface area contributed by atoms with Crippen molar-refractivity contribution in [3.05, 3.63) is 71.1 Å². The number of benzene rings is 2. The Bertz CT molecular complexity index is 948. The minimum atomic E-state index is -0.360. The first-order valence-electron chi connectivity index (χ1n) is 8.57. The van der Waals surface area contributed by atoms with Crippen molar-refractivity contribution in [1.29, 1.82) is 0 Å².